The van der Waals surface area contributed by atoms with Crippen LogP contribution in [0.1, 0.15) is 26.3 Å². The van der Waals surface area contributed by atoms with Gasteiger partial charge in [-0.2, -0.15) is 0 Å². The van der Waals surface area contributed by atoms with E-state index in [9.17, 15) is 9.18 Å². The van der Waals surface area contributed by atoms with E-state index in [0.29, 0.717) is 13.1 Å². The number of hydrogen-bond acceptors (Lipinski definition) is 2. The van der Waals surface area contributed by atoms with Crippen LogP contribution >= 0.6 is 0 Å². The van der Waals surface area contributed by atoms with Crippen molar-refractivity contribution in [3.63, 3.8) is 0 Å². The van der Waals surface area contributed by atoms with Crippen molar-refractivity contribution in [2.24, 2.45) is 0 Å². The number of carbonyl (C=O) groups is 1. The lowest BCUT2D eigenvalue weighted by Crippen LogP contribution is -2.39. The predicted molar refractivity (Wildman–Crippen MR) is 77.7 cm³/mol. The first kappa shape index (κ1) is 16.4. The van der Waals surface area contributed by atoms with Crippen molar-refractivity contribution in [2.75, 3.05) is 6.54 Å². The van der Waals surface area contributed by atoms with Gasteiger partial charge in [0.15, 0.2) is 0 Å². The molecule has 0 aromatic heterocycles. The molecule has 110 valence electrons. The largest absolute Gasteiger partial charge is 0.366 e. The van der Waals surface area contributed by atoms with Gasteiger partial charge in [-0.3, -0.25) is 4.79 Å². The summed E-state index contributed by atoms with van der Waals surface area (Å²) in [6.07, 6.45) is 1.16. The first-order chi connectivity index (χ1) is 9.43. The molecule has 0 aliphatic carbocycles. The van der Waals surface area contributed by atoms with Gasteiger partial charge in [0, 0.05) is 13.1 Å². The Kier molecular flexibility index (Phi) is 6.39. The summed E-state index contributed by atoms with van der Waals surface area (Å²) in [5.74, 6) is -0.380. The number of nitrogens with zero attached hydrogens (tertiary/aromatic N) is 1. The van der Waals surface area contributed by atoms with Crippen LogP contribution in [0.2, 0.25) is 0 Å². The molecule has 1 aromatic rings. The van der Waals surface area contributed by atoms with Gasteiger partial charge in [-0.05, 0) is 38.5 Å². The van der Waals surface area contributed by atoms with E-state index >= 15 is 0 Å². The van der Waals surface area contributed by atoms with Crippen molar-refractivity contribution >= 4 is 5.91 Å². The molecule has 3 nitrogen and oxygen atoms in total. The Bertz CT molecular complexity index is 442. The summed E-state index contributed by atoms with van der Waals surface area (Å²) in [5, 5.41) is 0. The molecule has 0 heterocycles. The summed E-state index contributed by atoms with van der Waals surface area (Å²) < 4.78 is 18.4. The normalized spacial score (nSPS) is 12.2. The van der Waals surface area contributed by atoms with Gasteiger partial charge in [-0.25, -0.2) is 4.39 Å². The summed E-state index contributed by atoms with van der Waals surface area (Å²) in [5.41, 5.74) is 0.873. The molecule has 0 fully saturated rings. The number of hydrogen-bond donors (Lipinski definition) is 0. The number of amides is 1. The van der Waals surface area contributed by atoms with Gasteiger partial charge in [-0.1, -0.05) is 18.2 Å². The highest BCUT2D eigenvalue weighted by atomic mass is 19.1. The van der Waals surface area contributed by atoms with Crippen LogP contribution in [-0.4, -0.2) is 29.6 Å². The SMILES string of the molecule is C=CCN(Cc1ccc(F)cc1)C(=O)[C@H](C)OC(C)C. The van der Waals surface area contributed by atoms with E-state index < -0.39 is 6.10 Å². The van der Waals surface area contributed by atoms with Crippen molar-refractivity contribution in [1.29, 1.82) is 0 Å². The van der Waals surface area contributed by atoms with Crippen LogP contribution in [0.5, 0.6) is 0 Å². The van der Waals surface area contributed by atoms with Crippen molar-refractivity contribution in [1.82, 2.24) is 4.90 Å². The molecule has 0 saturated carbocycles. The zero-order valence-corrected chi connectivity index (χ0v) is 12.3. The van der Waals surface area contributed by atoms with Gasteiger partial charge in [0.05, 0.1) is 6.10 Å². The highest BCUT2D eigenvalue weighted by molar-refractivity contribution is 5.80. The summed E-state index contributed by atoms with van der Waals surface area (Å²) >= 11 is 0. The maximum absolute atomic E-state index is 12.9. The van der Waals surface area contributed by atoms with E-state index in [1.54, 1.807) is 30.0 Å². The van der Waals surface area contributed by atoms with Crippen LogP contribution < -0.4 is 0 Å². The molecule has 0 aliphatic heterocycles. The van der Waals surface area contributed by atoms with Gasteiger partial charge in [0.1, 0.15) is 11.9 Å². The third-order valence-corrected chi connectivity index (χ3v) is 2.77. The second kappa shape index (κ2) is 7.80. The minimum absolute atomic E-state index is 0.00893. The Morgan fingerprint density at radius 2 is 1.95 bits per heavy atom. The minimum atomic E-state index is -0.504. The monoisotopic (exact) mass is 279 g/mol. The second-order valence-electron chi connectivity index (χ2n) is 4.96. The molecule has 0 bridgehead atoms. The van der Waals surface area contributed by atoms with Gasteiger partial charge in [-0.15, -0.1) is 6.58 Å². The fraction of sp³-hybridized carbons (Fsp3) is 0.438. The van der Waals surface area contributed by atoms with Crippen molar-refractivity contribution < 1.29 is 13.9 Å². The number of benzene rings is 1. The summed E-state index contributed by atoms with van der Waals surface area (Å²) in [6.45, 7) is 10.0. The van der Waals surface area contributed by atoms with Crippen LogP contribution in [0.3, 0.4) is 0 Å². The van der Waals surface area contributed by atoms with Crippen LogP contribution in [0.15, 0.2) is 36.9 Å². The molecule has 0 radical (unpaired) electrons. The van der Waals surface area contributed by atoms with Crippen LogP contribution in [0.4, 0.5) is 4.39 Å². The van der Waals surface area contributed by atoms with Gasteiger partial charge in [0.25, 0.3) is 5.91 Å². The molecule has 1 aromatic carbocycles. The Balaban J connectivity index is 2.74. The molecule has 1 rings (SSSR count). The smallest absolute Gasteiger partial charge is 0.252 e. The molecular formula is C16H22FNO2. The van der Waals surface area contributed by atoms with Gasteiger partial charge >= 0.3 is 0 Å². The number of rotatable bonds is 7. The fourth-order valence-corrected chi connectivity index (χ4v) is 1.92. The van der Waals surface area contributed by atoms with E-state index in [0.717, 1.165) is 5.56 Å². The van der Waals surface area contributed by atoms with E-state index in [1.165, 1.54) is 12.1 Å². The lowest BCUT2D eigenvalue weighted by Gasteiger charge is -2.25. The second-order valence-corrected chi connectivity index (χ2v) is 4.96. The van der Waals surface area contributed by atoms with Crippen molar-refractivity contribution in [2.45, 2.75) is 39.5 Å². The molecule has 20 heavy (non-hydrogen) atoms. The van der Waals surface area contributed by atoms with E-state index in [4.69, 9.17) is 4.74 Å². The molecule has 1 atom stereocenters. The molecule has 4 heteroatoms. The standard InChI is InChI=1S/C16H22FNO2/c1-5-10-18(16(19)13(4)20-12(2)3)11-14-6-8-15(17)9-7-14/h5-9,12-13H,1,10-11H2,2-4H3/t13-/m0/s1. The summed E-state index contributed by atoms with van der Waals surface area (Å²) in [6, 6.07) is 6.12. The Morgan fingerprint density at radius 3 is 2.45 bits per heavy atom. The third-order valence-electron chi connectivity index (χ3n) is 2.77. The lowest BCUT2D eigenvalue weighted by molar-refractivity contribution is -0.145. The molecule has 0 N–H and O–H groups in total. The Hall–Kier alpha value is -1.68. The van der Waals surface area contributed by atoms with Crippen LogP contribution in [0, 0.1) is 5.82 Å². The fourth-order valence-electron chi connectivity index (χ4n) is 1.92. The molecule has 0 spiro atoms. The van der Waals surface area contributed by atoms with Gasteiger partial charge < -0.3 is 9.64 Å². The molecule has 1 amide bonds. The first-order valence-corrected chi connectivity index (χ1v) is 6.73. The summed E-state index contributed by atoms with van der Waals surface area (Å²) in [4.78, 5) is 14.0. The molecule has 0 unspecified atom stereocenters. The maximum Gasteiger partial charge on any atom is 0.252 e. The number of carbonyl (C=O) groups excluding carboxylic acids is 1. The molecule has 0 aliphatic rings. The zero-order valence-electron chi connectivity index (χ0n) is 12.3. The van der Waals surface area contributed by atoms with Crippen LogP contribution in [-0.2, 0) is 16.1 Å². The Morgan fingerprint density at radius 1 is 1.35 bits per heavy atom. The van der Waals surface area contributed by atoms with E-state index in [1.807, 2.05) is 13.8 Å². The topological polar surface area (TPSA) is 29.5 Å². The van der Waals surface area contributed by atoms with Gasteiger partial charge in [0.2, 0.25) is 0 Å². The summed E-state index contributed by atoms with van der Waals surface area (Å²) in [7, 11) is 0. The highest BCUT2D eigenvalue weighted by Crippen LogP contribution is 2.10. The van der Waals surface area contributed by atoms with Crippen molar-refractivity contribution in [3.05, 3.63) is 48.3 Å². The van der Waals surface area contributed by atoms with E-state index in [-0.39, 0.29) is 17.8 Å². The molecular weight excluding hydrogens is 257 g/mol. The van der Waals surface area contributed by atoms with Crippen LogP contribution in [0.25, 0.3) is 0 Å². The number of ether oxygens (including phenoxy) is 1. The quantitative estimate of drug-likeness (QED) is 0.718. The first-order valence-electron chi connectivity index (χ1n) is 6.73. The zero-order chi connectivity index (χ0) is 15.1. The Labute approximate surface area is 120 Å². The number of halogens is 1. The highest BCUT2D eigenvalue weighted by Gasteiger charge is 2.21. The predicted octanol–water partition coefficient (Wildman–Crippen LogP) is 3.15. The van der Waals surface area contributed by atoms with E-state index in [2.05, 4.69) is 6.58 Å². The molecule has 0 saturated heterocycles. The lowest BCUT2D eigenvalue weighted by atomic mass is 10.2. The average Bonchev–Trinajstić information content (AvgIpc) is 2.39. The third kappa shape index (κ3) is 5.13. The minimum Gasteiger partial charge on any atom is -0.366 e. The average molecular weight is 279 g/mol. The maximum atomic E-state index is 12.9. The van der Waals surface area contributed by atoms with Crippen molar-refractivity contribution in [3.8, 4) is 0 Å².